The van der Waals surface area contributed by atoms with Crippen molar-refractivity contribution >= 4 is 21.8 Å². The summed E-state index contributed by atoms with van der Waals surface area (Å²) in [5.74, 6) is 0.573. The lowest BCUT2D eigenvalue weighted by Crippen LogP contribution is -2.32. The molecule has 0 fully saturated rings. The molecule has 1 aromatic carbocycles. The molecule has 0 aliphatic carbocycles. The highest BCUT2D eigenvalue weighted by atomic mass is 79.9. The summed E-state index contributed by atoms with van der Waals surface area (Å²) in [4.78, 5) is 11.9. The van der Waals surface area contributed by atoms with Gasteiger partial charge in [0, 0.05) is 18.2 Å². The summed E-state index contributed by atoms with van der Waals surface area (Å²) >= 11 is 3.35. The highest BCUT2D eigenvalue weighted by Crippen LogP contribution is 2.25. The van der Waals surface area contributed by atoms with E-state index in [0.717, 1.165) is 10.9 Å². The lowest BCUT2D eigenvalue weighted by molar-refractivity contribution is 0.0936. The number of aliphatic hydroxyl groups excluding tert-OH is 1. The molecule has 1 amide bonds. The predicted molar refractivity (Wildman–Crippen MR) is 73.9 cm³/mol. The van der Waals surface area contributed by atoms with Gasteiger partial charge in [0.15, 0.2) is 0 Å². The zero-order chi connectivity index (χ0) is 13.5. The lowest BCUT2D eigenvalue weighted by Gasteiger charge is -2.13. The van der Waals surface area contributed by atoms with Crippen LogP contribution in [0.25, 0.3) is 0 Å². The van der Waals surface area contributed by atoms with Crippen LogP contribution >= 0.6 is 15.9 Å². The second-order valence-electron chi connectivity index (χ2n) is 4.09. The molecule has 2 N–H and O–H groups in total. The number of methoxy groups -OCH3 is 1. The Labute approximate surface area is 115 Å². The van der Waals surface area contributed by atoms with E-state index in [4.69, 9.17) is 9.84 Å². The number of ether oxygens (including phenoxy) is 1. The molecule has 0 saturated heterocycles. The van der Waals surface area contributed by atoms with Crippen LogP contribution in [0.1, 0.15) is 30.1 Å². The van der Waals surface area contributed by atoms with Crippen molar-refractivity contribution in [2.24, 2.45) is 0 Å². The monoisotopic (exact) mass is 315 g/mol. The Bertz CT molecular complexity index is 409. The van der Waals surface area contributed by atoms with E-state index in [1.54, 1.807) is 25.3 Å². The molecule has 18 heavy (non-hydrogen) atoms. The van der Waals surface area contributed by atoms with E-state index in [-0.39, 0.29) is 18.6 Å². The van der Waals surface area contributed by atoms with Gasteiger partial charge in [-0.1, -0.05) is 0 Å². The third-order valence-electron chi connectivity index (χ3n) is 2.59. The lowest BCUT2D eigenvalue weighted by atomic mass is 10.1. The average molecular weight is 316 g/mol. The van der Waals surface area contributed by atoms with Crippen LogP contribution in [-0.4, -0.2) is 30.8 Å². The van der Waals surface area contributed by atoms with Crippen molar-refractivity contribution in [1.82, 2.24) is 5.32 Å². The van der Waals surface area contributed by atoms with E-state index in [0.29, 0.717) is 17.7 Å². The Morgan fingerprint density at radius 3 is 2.83 bits per heavy atom. The van der Waals surface area contributed by atoms with Crippen molar-refractivity contribution in [3.63, 3.8) is 0 Å². The third-order valence-corrected chi connectivity index (χ3v) is 3.21. The SMILES string of the molecule is COc1ccc(C(=O)NC(C)CCCO)cc1Br. The number of amides is 1. The van der Waals surface area contributed by atoms with Crippen molar-refractivity contribution in [2.75, 3.05) is 13.7 Å². The largest absolute Gasteiger partial charge is 0.496 e. The van der Waals surface area contributed by atoms with Gasteiger partial charge in [-0.15, -0.1) is 0 Å². The molecule has 0 saturated carbocycles. The molecule has 100 valence electrons. The third kappa shape index (κ3) is 4.31. The second-order valence-corrected chi connectivity index (χ2v) is 4.94. The molecule has 0 bridgehead atoms. The summed E-state index contributed by atoms with van der Waals surface area (Å²) in [6.07, 6.45) is 1.45. The number of hydrogen-bond donors (Lipinski definition) is 2. The van der Waals surface area contributed by atoms with Crippen LogP contribution in [0.2, 0.25) is 0 Å². The molecule has 4 nitrogen and oxygen atoms in total. The normalized spacial score (nSPS) is 12.0. The van der Waals surface area contributed by atoms with E-state index in [1.165, 1.54) is 0 Å². The Morgan fingerprint density at radius 1 is 1.56 bits per heavy atom. The van der Waals surface area contributed by atoms with Gasteiger partial charge in [0.25, 0.3) is 5.91 Å². The van der Waals surface area contributed by atoms with Gasteiger partial charge in [0.2, 0.25) is 0 Å². The standard InChI is InChI=1S/C13H18BrNO3/c1-9(4-3-7-16)15-13(17)10-5-6-12(18-2)11(14)8-10/h5-6,8-9,16H,3-4,7H2,1-2H3,(H,15,17). The van der Waals surface area contributed by atoms with Crippen molar-refractivity contribution in [1.29, 1.82) is 0 Å². The van der Waals surface area contributed by atoms with Crippen LogP contribution in [0.4, 0.5) is 0 Å². The van der Waals surface area contributed by atoms with Gasteiger partial charge in [-0.25, -0.2) is 0 Å². The molecule has 0 heterocycles. The smallest absolute Gasteiger partial charge is 0.251 e. The van der Waals surface area contributed by atoms with E-state index in [2.05, 4.69) is 21.2 Å². The minimum atomic E-state index is -0.121. The molecule has 0 aliphatic heterocycles. The fourth-order valence-electron chi connectivity index (χ4n) is 1.58. The zero-order valence-corrected chi connectivity index (χ0v) is 12.2. The number of nitrogens with one attached hydrogen (secondary N) is 1. The number of carbonyl (C=O) groups is 1. The first-order chi connectivity index (χ1) is 8.58. The number of rotatable bonds is 6. The molecule has 1 atom stereocenters. The van der Waals surface area contributed by atoms with E-state index in [1.807, 2.05) is 6.92 Å². The van der Waals surface area contributed by atoms with E-state index < -0.39 is 0 Å². The molecule has 1 aromatic rings. The summed E-state index contributed by atoms with van der Waals surface area (Å²) in [6.45, 7) is 2.07. The first-order valence-electron chi connectivity index (χ1n) is 5.83. The fraction of sp³-hybridized carbons (Fsp3) is 0.462. The number of halogens is 1. The maximum Gasteiger partial charge on any atom is 0.251 e. The first kappa shape index (κ1) is 15.0. The molecule has 1 rings (SSSR count). The van der Waals surface area contributed by atoms with E-state index in [9.17, 15) is 4.79 Å². The quantitative estimate of drug-likeness (QED) is 0.847. The molecule has 0 spiro atoms. The summed E-state index contributed by atoms with van der Waals surface area (Å²) in [5, 5.41) is 11.6. The summed E-state index contributed by atoms with van der Waals surface area (Å²) < 4.78 is 5.86. The Kier molecular flexibility index (Phi) is 6.15. The molecular weight excluding hydrogens is 298 g/mol. The van der Waals surface area contributed by atoms with Gasteiger partial charge in [0.05, 0.1) is 11.6 Å². The molecule has 0 aromatic heterocycles. The molecule has 0 radical (unpaired) electrons. The Hall–Kier alpha value is -1.07. The van der Waals surface area contributed by atoms with Crippen LogP contribution in [-0.2, 0) is 0 Å². The number of benzene rings is 1. The van der Waals surface area contributed by atoms with Crippen molar-refractivity contribution in [3.8, 4) is 5.75 Å². The second kappa shape index (κ2) is 7.38. The van der Waals surface area contributed by atoms with Crippen LogP contribution in [0.15, 0.2) is 22.7 Å². The molecule has 5 heteroatoms. The summed E-state index contributed by atoms with van der Waals surface area (Å²) in [7, 11) is 1.58. The fourth-order valence-corrected chi connectivity index (χ4v) is 2.13. The number of carbonyl (C=O) groups excluding carboxylic acids is 1. The van der Waals surface area contributed by atoms with Crippen molar-refractivity contribution in [3.05, 3.63) is 28.2 Å². The average Bonchev–Trinajstić information content (AvgIpc) is 2.36. The molecule has 1 unspecified atom stereocenters. The summed E-state index contributed by atoms with van der Waals surface area (Å²) in [5.41, 5.74) is 0.582. The zero-order valence-electron chi connectivity index (χ0n) is 10.6. The van der Waals surface area contributed by atoms with E-state index >= 15 is 0 Å². The van der Waals surface area contributed by atoms with Crippen LogP contribution < -0.4 is 10.1 Å². The maximum absolute atomic E-state index is 11.9. The molecule has 0 aliphatic rings. The predicted octanol–water partition coefficient (Wildman–Crippen LogP) is 2.35. The van der Waals surface area contributed by atoms with Gasteiger partial charge in [0.1, 0.15) is 5.75 Å². The van der Waals surface area contributed by atoms with Gasteiger partial charge in [-0.05, 0) is 53.9 Å². The van der Waals surface area contributed by atoms with Crippen molar-refractivity contribution < 1.29 is 14.6 Å². The Morgan fingerprint density at radius 2 is 2.28 bits per heavy atom. The van der Waals surface area contributed by atoms with Crippen LogP contribution in [0.5, 0.6) is 5.75 Å². The number of aliphatic hydroxyl groups is 1. The van der Waals surface area contributed by atoms with Crippen LogP contribution in [0, 0.1) is 0 Å². The topological polar surface area (TPSA) is 58.6 Å². The van der Waals surface area contributed by atoms with Crippen molar-refractivity contribution in [2.45, 2.75) is 25.8 Å². The Balaban J connectivity index is 2.64. The maximum atomic E-state index is 11.9. The van der Waals surface area contributed by atoms with Gasteiger partial charge < -0.3 is 15.2 Å². The van der Waals surface area contributed by atoms with Gasteiger partial charge in [-0.2, -0.15) is 0 Å². The molecular formula is C13H18BrNO3. The van der Waals surface area contributed by atoms with Crippen LogP contribution in [0.3, 0.4) is 0 Å². The number of hydrogen-bond acceptors (Lipinski definition) is 3. The van der Waals surface area contributed by atoms with Gasteiger partial charge in [-0.3, -0.25) is 4.79 Å². The highest BCUT2D eigenvalue weighted by Gasteiger charge is 2.11. The highest BCUT2D eigenvalue weighted by molar-refractivity contribution is 9.10. The summed E-state index contributed by atoms with van der Waals surface area (Å²) in [6, 6.07) is 5.24. The minimum Gasteiger partial charge on any atom is -0.496 e. The minimum absolute atomic E-state index is 0.0468. The first-order valence-corrected chi connectivity index (χ1v) is 6.63. The van der Waals surface area contributed by atoms with Gasteiger partial charge >= 0.3 is 0 Å².